The van der Waals surface area contributed by atoms with E-state index in [0.29, 0.717) is 73.8 Å². The Morgan fingerprint density at radius 3 is 2.68 bits per heavy atom. The molecule has 0 spiro atoms. The van der Waals surface area contributed by atoms with Crippen LogP contribution in [0.25, 0.3) is 0 Å². The van der Waals surface area contributed by atoms with Crippen molar-refractivity contribution in [1.82, 2.24) is 10.2 Å². The van der Waals surface area contributed by atoms with Gasteiger partial charge in [0.2, 0.25) is 5.91 Å². The van der Waals surface area contributed by atoms with E-state index in [1.807, 2.05) is 37.3 Å². The minimum atomic E-state index is -1.41. The molecule has 2 fully saturated rings. The van der Waals surface area contributed by atoms with E-state index in [0.717, 1.165) is 18.4 Å². The van der Waals surface area contributed by atoms with E-state index in [2.05, 4.69) is 10.1 Å². The summed E-state index contributed by atoms with van der Waals surface area (Å²) in [6.45, 7) is 3.28. The minimum absolute atomic E-state index is 0.0316. The number of aliphatic hydroxyl groups excluding tert-OH is 1. The zero-order chi connectivity index (χ0) is 29.6. The molecule has 2 amide bonds. The average molecular weight is 588 g/mol. The molecule has 1 saturated carbocycles. The second kappa shape index (κ2) is 13.9. The summed E-state index contributed by atoms with van der Waals surface area (Å²) in [4.78, 5) is 26.9. The van der Waals surface area contributed by atoms with Gasteiger partial charge in [-0.1, -0.05) is 48.9 Å². The Bertz CT molecular complexity index is 1200. The number of nitrogens with one attached hydrogen (secondary N) is 1. The maximum Gasteiger partial charge on any atom is 0.406 e. The molecule has 5 atom stereocenters. The summed E-state index contributed by atoms with van der Waals surface area (Å²) in [5, 5.41) is 25.8. The predicted octanol–water partition coefficient (Wildman–Crippen LogP) is 4.36. The molecule has 1 saturated heterocycles. The number of aliphatic hydroxyl groups is 2. The molecule has 0 radical (unpaired) electrons. The van der Waals surface area contributed by atoms with E-state index < -0.39 is 23.8 Å². The maximum absolute atomic E-state index is 13.5. The number of hydrogen-bond donors (Lipinski definition) is 4. The number of ether oxygens (including phenoxy) is 2. The fourth-order valence-electron chi connectivity index (χ4n) is 6.21. The number of rotatable bonds is 10. The number of nitrogens with zero attached hydrogens (tertiary/aromatic N) is 1. The van der Waals surface area contributed by atoms with E-state index in [9.17, 15) is 19.8 Å². The highest BCUT2D eigenvalue weighted by molar-refractivity contribution is 6.32. The molecule has 1 aliphatic carbocycles. The van der Waals surface area contributed by atoms with E-state index in [1.165, 1.54) is 7.11 Å². The van der Waals surface area contributed by atoms with Gasteiger partial charge in [0, 0.05) is 43.1 Å². The highest BCUT2D eigenvalue weighted by Gasteiger charge is 2.45. The number of carbonyl (C=O) groups is 2. The van der Waals surface area contributed by atoms with Gasteiger partial charge in [0.05, 0.1) is 23.8 Å². The van der Waals surface area contributed by atoms with Crippen molar-refractivity contribution in [2.45, 2.75) is 69.6 Å². The van der Waals surface area contributed by atoms with Crippen LogP contribution in [0.2, 0.25) is 5.02 Å². The lowest BCUT2D eigenvalue weighted by molar-refractivity contribution is -0.141. The van der Waals surface area contributed by atoms with Gasteiger partial charge in [0.25, 0.3) is 0 Å². The third-order valence-corrected chi connectivity index (χ3v) is 8.82. The van der Waals surface area contributed by atoms with Crippen molar-refractivity contribution in [1.29, 1.82) is 0 Å². The molecular formula is C31H42ClN3O6. The van der Waals surface area contributed by atoms with Crippen LogP contribution in [0.5, 0.6) is 11.5 Å². The molecule has 4 rings (SSSR count). The van der Waals surface area contributed by atoms with Gasteiger partial charge in [-0.05, 0) is 62.6 Å². The Hall–Kier alpha value is -2.85. The number of likely N-dealkylation sites (tertiary alicyclic amines) is 1. The standard InChI is InChI=1S/C31H42ClN3O6/c1-3-20-9-4-5-13-27(20)41-28-23(11-6-12-24(28)32)31(39,14-8-15-34-30(38)40-2)22-10-7-16-35(19-22)29(37)21-17-25(33)26(36)18-21/h4-6,9,11-13,21-22,25-26,36,39H,3,7-8,10,14-19,33H2,1-2H3,(H,34,38)/t21?,22-,25-,26+,31+/m1/s1. The number of hydrogen-bond acceptors (Lipinski definition) is 7. The molecule has 41 heavy (non-hydrogen) atoms. The topological polar surface area (TPSA) is 134 Å². The summed E-state index contributed by atoms with van der Waals surface area (Å²) in [5.41, 5.74) is 6.14. The van der Waals surface area contributed by atoms with Crippen LogP contribution in [-0.4, -0.2) is 66.0 Å². The van der Waals surface area contributed by atoms with Gasteiger partial charge in [-0.25, -0.2) is 4.79 Å². The Morgan fingerprint density at radius 1 is 1.20 bits per heavy atom. The number of benzene rings is 2. The van der Waals surface area contributed by atoms with Gasteiger partial charge in [-0.2, -0.15) is 0 Å². The minimum Gasteiger partial charge on any atom is -0.455 e. The normalized spacial score (nSPS) is 24.0. The van der Waals surface area contributed by atoms with Crippen LogP contribution < -0.4 is 15.8 Å². The highest BCUT2D eigenvalue weighted by Crippen LogP contribution is 2.47. The molecule has 9 nitrogen and oxygen atoms in total. The number of methoxy groups -OCH3 is 1. The summed E-state index contributed by atoms with van der Waals surface area (Å²) in [7, 11) is 1.30. The van der Waals surface area contributed by atoms with Gasteiger partial charge < -0.3 is 35.6 Å². The van der Waals surface area contributed by atoms with Gasteiger partial charge in [-0.3, -0.25) is 4.79 Å². The third-order valence-electron chi connectivity index (χ3n) is 8.52. The number of amides is 2. The van der Waals surface area contributed by atoms with Crippen molar-refractivity contribution in [3.63, 3.8) is 0 Å². The quantitative estimate of drug-likeness (QED) is 0.303. The van der Waals surface area contributed by atoms with E-state index in [4.69, 9.17) is 22.1 Å². The van der Waals surface area contributed by atoms with E-state index in [1.54, 1.807) is 17.0 Å². The largest absolute Gasteiger partial charge is 0.455 e. The SMILES string of the molecule is CCc1ccccc1Oc1c(Cl)cccc1[C@](O)(CCCNC(=O)OC)[C@@H]1CCCN(C(=O)C2C[C@@H](N)[C@@H](O)C2)C1. The molecule has 2 aromatic rings. The van der Waals surface area contributed by atoms with Crippen molar-refractivity contribution < 1.29 is 29.3 Å². The van der Waals surface area contributed by atoms with Crippen LogP contribution in [-0.2, 0) is 21.6 Å². The fourth-order valence-corrected chi connectivity index (χ4v) is 6.43. The van der Waals surface area contributed by atoms with Gasteiger partial charge in [0.15, 0.2) is 5.75 Å². The summed E-state index contributed by atoms with van der Waals surface area (Å²) in [6.07, 6.45) is 2.51. The van der Waals surface area contributed by atoms with E-state index >= 15 is 0 Å². The molecular weight excluding hydrogens is 546 g/mol. The average Bonchev–Trinajstić information content (AvgIpc) is 3.33. The van der Waals surface area contributed by atoms with Gasteiger partial charge >= 0.3 is 6.09 Å². The molecule has 10 heteroatoms. The monoisotopic (exact) mass is 587 g/mol. The van der Waals surface area contributed by atoms with Crippen LogP contribution in [0.3, 0.4) is 0 Å². The van der Waals surface area contributed by atoms with Crippen molar-refractivity contribution in [3.05, 3.63) is 58.6 Å². The molecule has 2 aliphatic rings. The first-order valence-corrected chi connectivity index (χ1v) is 14.9. The van der Waals surface area contributed by atoms with Crippen molar-refractivity contribution in [2.24, 2.45) is 17.6 Å². The lowest BCUT2D eigenvalue weighted by Gasteiger charge is -2.44. The van der Waals surface area contributed by atoms with Gasteiger partial charge in [0.1, 0.15) is 5.75 Å². The lowest BCUT2D eigenvalue weighted by atomic mass is 9.73. The van der Waals surface area contributed by atoms with Crippen LogP contribution in [0, 0.1) is 11.8 Å². The summed E-state index contributed by atoms with van der Waals surface area (Å²) in [5.74, 6) is 0.366. The molecule has 2 aromatic carbocycles. The number of piperidine rings is 1. The van der Waals surface area contributed by atoms with Crippen LogP contribution >= 0.6 is 11.6 Å². The highest BCUT2D eigenvalue weighted by atomic mass is 35.5. The first-order chi connectivity index (χ1) is 19.7. The molecule has 224 valence electrons. The number of nitrogens with two attached hydrogens (primary N) is 1. The van der Waals surface area contributed by atoms with Crippen LogP contribution in [0.15, 0.2) is 42.5 Å². The molecule has 0 aromatic heterocycles. The van der Waals surface area contributed by atoms with Crippen molar-refractivity contribution >= 4 is 23.6 Å². The first kappa shape index (κ1) is 31.1. The Morgan fingerprint density at radius 2 is 1.98 bits per heavy atom. The van der Waals surface area contributed by atoms with Crippen LogP contribution in [0.4, 0.5) is 4.79 Å². The third kappa shape index (κ3) is 7.15. The number of alkyl carbamates (subject to hydrolysis) is 1. The molecule has 0 bridgehead atoms. The van der Waals surface area contributed by atoms with Crippen molar-refractivity contribution in [2.75, 3.05) is 26.7 Å². The molecule has 1 unspecified atom stereocenters. The number of halogens is 1. The zero-order valence-corrected chi connectivity index (χ0v) is 24.6. The second-order valence-corrected chi connectivity index (χ2v) is 11.6. The van der Waals surface area contributed by atoms with Crippen LogP contribution in [0.1, 0.15) is 56.6 Å². The maximum atomic E-state index is 13.5. The zero-order valence-electron chi connectivity index (χ0n) is 23.9. The lowest BCUT2D eigenvalue weighted by Crippen LogP contribution is -2.49. The predicted molar refractivity (Wildman–Crippen MR) is 157 cm³/mol. The number of para-hydroxylation sites is 2. The second-order valence-electron chi connectivity index (χ2n) is 11.1. The van der Waals surface area contributed by atoms with Crippen molar-refractivity contribution in [3.8, 4) is 11.5 Å². The Kier molecular flexibility index (Phi) is 10.5. The summed E-state index contributed by atoms with van der Waals surface area (Å²) < 4.78 is 11.1. The van der Waals surface area contributed by atoms with Gasteiger partial charge in [-0.15, -0.1) is 0 Å². The Labute approximate surface area is 247 Å². The first-order valence-electron chi connectivity index (χ1n) is 14.5. The fraction of sp³-hybridized carbons (Fsp3) is 0.548. The summed E-state index contributed by atoms with van der Waals surface area (Å²) in [6, 6.07) is 12.7. The smallest absolute Gasteiger partial charge is 0.406 e. The molecule has 1 heterocycles. The molecule has 5 N–H and O–H groups in total. The molecule has 1 aliphatic heterocycles. The Balaban J connectivity index is 1.66. The number of aryl methyl sites for hydroxylation is 1. The summed E-state index contributed by atoms with van der Waals surface area (Å²) >= 11 is 6.72. The number of carbonyl (C=O) groups excluding carboxylic acids is 2. The van der Waals surface area contributed by atoms with E-state index in [-0.39, 0.29) is 17.7 Å².